The van der Waals surface area contributed by atoms with Crippen molar-refractivity contribution in [2.75, 3.05) is 12.4 Å². The Morgan fingerprint density at radius 3 is 2.67 bits per heavy atom. The van der Waals surface area contributed by atoms with Gasteiger partial charge in [-0.25, -0.2) is 13.1 Å². The fourth-order valence-electron chi connectivity index (χ4n) is 2.18. The topological polar surface area (TPSA) is 63.1 Å². The van der Waals surface area contributed by atoms with E-state index in [1.807, 2.05) is 25.3 Å². The summed E-state index contributed by atoms with van der Waals surface area (Å²) in [5.74, 6) is 0. The highest BCUT2D eigenvalue weighted by atomic mass is 32.2. The highest BCUT2D eigenvalue weighted by Gasteiger charge is 2.13. The van der Waals surface area contributed by atoms with Crippen LogP contribution < -0.4 is 10.0 Å². The highest BCUT2D eigenvalue weighted by molar-refractivity contribution is 7.89. The lowest BCUT2D eigenvalue weighted by molar-refractivity contribution is 0.588. The summed E-state index contributed by atoms with van der Waals surface area (Å²) in [4.78, 5) is 0.268. The Morgan fingerprint density at radius 2 is 2.00 bits per heavy atom. The van der Waals surface area contributed by atoms with Crippen molar-refractivity contribution < 1.29 is 8.42 Å². The van der Waals surface area contributed by atoms with Crippen molar-refractivity contribution in [3.63, 3.8) is 0 Å². The first-order chi connectivity index (χ1) is 9.97. The van der Waals surface area contributed by atoms with Crippen LogP contribution in [0.4, 0.5) is 5.69 Å². The first kappa shape index (κ1) is 15.6. The Balaban J connectivity index is 2.22. The van der Waals surface area contributed by atoms with Crippen molar-refractivity contribution >= 4 is 15.7 Å². The standard InChI is InChI=1S/C15H21N3O2S/c1-4-18-9-5-6-13(18)11-17-15-10-14(8-7-12(15)2)21(19,20)16-3/h5-10,16-17H,4,11H2,1-3H3. The summed E-state index contributed by atoms with van der Waals surface area (Å²) in [7, 11) is -2.00. The van der Waals surface area contributed by atoms with E-state index in [1.54, 1.807) is 12.1 Å². The number of rotatable bonds is 6. The second-order valence-electron chi connectivity index (χ2n) is 4.82. The number of hydrogen-bond acceptors (Lipinski definition) is 3. The molecule has 5 nitrogen and oxygen atoms in total. The molecule has 6 heteroatoms. The average molecular weight is 307 g/mol. The molecule has 0 radical (unpaired) electrons. The first-order valence-electron chi connectivity index (χ1n) is 6.90. The second-order valence-corrected chi connectivity index (χ2v) is 6.71. The summed E-state index contributed by atoms with van der Waals surface area (Å²) in [6.45, 7) is 5.62. The van der Waals surface area contributed by atoms with Gasteiger partial charge in [0.15, 0.2) is 0 Å². The molecule has 2 aromatic rings. The molecule has 0 fully saturated rings. The molecule has 0 aliphatic rings. The molecule has 1 aromatic carbocycles. The summed E-state index contributed by atoms with van der Waals surface area (Å²) < 4.78 is 28.2. The molecule has 21 heavy (non-hydrogen) atoms. The van der Waals surface area contributed by atoms with Gasteiger partial charge in [0.1, 0.15) is 0 Å². The quantitative estimate of drug-likeness (QED) is 0.861. The zero-order chi connectivity index (χ0) is 15.5. The van der Waals surface area contributed by atoms with Gasteiger partial charge in [-0.05, 0) is 50.7 Å². The van der Waals surface area contributed by atoms with Crippen molar-refractivity contribution in [3.8, 4) is 0 Å². The Morgan fingerprint density at radius 1 is 1.24 bits per heavy atom. The van der Waals surface area contributed by atoms with Crippen molar-refractivity contribution in [2.24, 2.45) is 0 Å². The molecule has 1 heterocycles. The Kier molecular flexibility index (Phi) is 4.69. The zero-order valence-electron chi connectivity index (χ0n) is 12.6. The minimum Gasteiger partial charge on any atom is -0.379 e. The molecule has 0 atom stereocenters. The number of benzene rings is 1. The van der Waals surface area contributed by atoms with E-state index in [2.05, 4.69) is 27.6 Å². The minimum absolute atomic E-state index is 0.268. The number of anilines is 1. The van der Waals surface area contributed by atoms with Gasteiger partial charge in [-0.3, -0.25) is 0 Å². The van der Waals surface area contributed by atoms with Crippen LogP contribution in [0.1, 0.15) is 18.2 Å². The fourth-order valence-corrected chi connectivity index (χ4v) is 2.94. The third-order valence-corrected chi connectivity index (χ3v) is 4.92. The molecule has 0 aliphatic heterocycles. The number of nitrogens with zero attached hydrogens (tertiary/aromatic N) is 1. The van der Waals surface area contributed by atoms with Gasteiger partial charge in [0, 0.05) is 24.1 Å². The van der Waals surface area contributed by atoms with Gasteiger partial charge >= 0.3 is 0 Å². The van der Waals surface area contributed by atoms with Crippen LogP contribution in [0, 0.1) is 6.92 Å². The predicted molar refractivity (Wildman–Crippen MR) is 84.9 cm³/mol. The number of aryl methyl sites for hydroxylation is 2. The molecule has 2 rings (SSSR count). The Hall–Kier alpha value is -1.79. The zero-order valence-corrected chi connectivity index (χ0v) is 13.4. The molecule has 0 aliphatic carbocycles. The maximum atomic E-state index is 11.9. The van der Waals surface area contributed by atoms with Crippen LogP contribution in [-0.2, 0) is 23.1 Å². The van der Waals surface area contributed by atoms with E-state index in [0.717, 1.165) is 17.8 Å². The van der Waals surface area contributed by atoms with Crippen molar-refractivity contribution in [2.45, 2.75) is 31.8 Å². The maximum absolute atomic E-state index is 11.9. The van der Waals surface area contributed by atoms with Gasteiger partial charge < -0.3 is 9.88 Å². The van der Waals surface area contributed by atoms with Crippen LogP contribution in [-0.4, -0.2) is 20.0 Å². The highest BCUT2D eigenvalue weighted by Crippen LogP contribution is 2.21. The van der Waals surface area contributed by atoms with E-state index in [-0.39, 0.29) is 4.90 Å². The molecule has 0 amide bonds. The SMILES string of the molecule is CCn1cccc1CNc1cc(S(=O)(=O)NC)ccc1C. The molecular weight excluding hydrogens is 286 g/mol. The van der Waals surface area contributed by atoms with Crippen LogP contribution >= 0.6 is 0 Å². The van der Waals surface area contributed by atoms with Crippen molar-refractivity contribution in [1.29, 1.82) is 0 Å². The van der Waals surface area contributed by atoms with Gasteiger partial charge in [-0.1, -0.05) is 6.07 Å². The molecular formula is C15H21N3O2S. The Labute approximate surface area is 126 Å². The third kappa shape index (κ3) is 3.46. The molecule has 1 aromatic heterocycles. The molecule has 0 unspecified atom stereocenters. The second kappa shape index (κ2) is 6.32. The molecule has 0 bridgehead atoms. The summed E-state index contributed by atoms with van der Waals surface area (Å²) in [6, 6.07) is 9.15. The van der Waals surface area contributed by atoms with E-state index in [0.29, 0.717) is 6.54 Å². The van der Waals surface area contributed by atoms with E-state index in [1.165, 1.54) is 12.7 Å². The Bertz CT molecular complexity index is 720. The fraction of sp³-hybridized carbons (Fsp3) is 0.333. The lowest BCUT2D eigenvalue weighted by Crippen LogP contribution is -2.18. The van der Waals surface area contributed by atoms with Crippen LogP contribution in [0.2, 0.25) is 0 Å². The molecule has 0 spiro atoms. The largest absolute Gasteiger partial charge is 0.379 e. The molecule has 2 N–H and O–H groups in total. The van der Waals surface area contributed by atoms with Crippen LogP contribution in [0.25, 0.3) is 0 Å². The smallest absolute Gasteiger partial charge is 0.240 e. The maximum Gasteiger partial charge on any atom is 0.240 e. The van der Waals surface area contributed by atoms with Crippen molar-refractivity contribution in [3.05, 3.63) is 47.8 Å². The van der Waals surface area contributed by atoms with Gasteiger partial charge in [0.25, 0.3) is 0 Å². The predicted octanol–water partition coefficient (Wildman–Crippen LogP) is 2.34. The third-order valence-electron chi connectivity index (χ3n) is 3.51. The summed E-state index contributed by atoms with van der Waals surface area (Å²) in [5, 5.41) is 3.31. The summed E-state index contributed by atoms with van der Waals surface area (Å²) in [5.41, 5.74) is 3.01. The minimum atomic E-state index is -3.42. The van der Waals surface area contributed by atoms with E-state index in [4.69, 9.17) is 0 Å². The average Bonchev–Trinajstić information content (AvgIpc) is 2.93. The van der Waals surface area contributed by atoms with Gasteiger partial charge in [-0.2, -0.15) is 0 Å². The monoisotopic (exact) mass is 307 g/mol. The van der Waals surface area contributed by atoms with Crippen LogP contribution in [0.5, 0.6) is 0 Å². The summed E-state index contributed by atoms with van der Waals surface area (Å²) in [6.07, 6.45) is 2.03. The van der Waals surface area contributed by atoms with Crippen molar-refractivity contribution in [1.82, 2.24) is 9.29 Å². The van der Waals surface area contributed by atoms with Gasteiger partial charge in [0.2, 0.25) is 10.0 Å². The van der Waals surface area contributed by atoms with Gasteiger partial charge in [0.05, 0.1) is 11.4 Å². The number of sulfonamides is 1. The normalized spacial score (nSPS) is 11.6. The van der Waals surface area contributed by atoms with Crippen LogP contribution in [0.15, 0.2) is 41.4 Å². The van der Waals surface area contributed by atoms with E-state index >= 15 is 0 Å². The number of aromatic nitrogens is 1. The lowest BCUT2D eigenvalue weighted by Gasteiger charge is -2.13. The van der Waals surface area contributed by atoms with Crippen LogP contribution in [0.3, 0.4) is 0 Å². The lowest BCUT2D eigenvalue weighted by atomic mass is 10.2. The molecule has 114 valence electrons. The molecule has 0 saturated carbocycles. The van der Waals surface area contributed by atoms with Gasteiger partial charge in [-0.15, -0.1) is 0 Å². The molecule has 0 saturated heterocycles. The van der Waals surface area contributed by atoms with E-state index < -0.39 is 10.0 Å². The van der Waals surface area contributed by atoms with E-state index in [9.17, 15) is 8.42 Å². The summed E-state index contributed by atoms with van der Waals surface area (Å²) >= 11 is 0. The first-order valence-corrected chi connectivity index (χ1v) is 8.38. The number of nitrogens with one attached hydrogen (secondary N) is 2. The number of hydrogen-bond donors (Lipinski definition) is 2.